The Hall–Kier alpha value is -3.37. The minimum atomic E-state index is -0.335. The average Bonchev–Trinajstić information content (AvgIpc) is 3.21. The summed E-state index contributed by atoms with van der Waals surface area (Å²) in [5.74, 6) is 0.151. The molecule has 0 saturated carbocycles. The van der Waals surface area contributed by atoms with Crippen LogP contribution in [0, 0.1) is 0 Å². The van der Waals surface area contributed by atoms with Gasteiger partial charge >= 0.3 is 5.97 Å². The van der Waals surface area contributed by atoms with Crippen molar-refractivity contribution in [2.45, 2.75) is 19.3 Å². The molecule has 1 aromatic carbocycles. The van der Waals surface area contributed by atoms with Crippen LogP contribution in [0.15, 0.2) is 46.6 Å². The van der Waals surface area contributed by atoms with Crippen LogP contribution in [0.25, 0.3) is 0 Å². The molecule has 1 aromatic heterocycles. The van der Waals surface area contributed by atoms with E-state index < -0.39 is 0 Å². The van der Waals surface area contributed by atoms with Crippen LogP contribution < -0.4 is 21.5 Å². The van der Waals surface area contributed by atoms with E-state index in [4.69, 9.17) is 16.2 Å². The largest absolute Gasteiger partial charge is 0.423 e. The topological polar surface area (TPSA) is 148 Å². The van der Waals surface area contributed by atoms with Gasteiger partial charge in [-0.2, -0.15) is 0 Å². The second kappa shape index (κ2) is 10.4. The van der Waals surface area contributed by atoms with Crippen LogP contribution in [0.1, 0.15) is 19.3 Å². The second-order valence-corrected chi connectivity index (χ2v) is 6.81. The predicted molar refractivity (Wildman–Crippen MR) is 113 cm³/mol. The lowest BCUT2D eigenvalue weighted by Crippen LogP contribution is -2.29. The van der Waals surface area contributed by atoms with Crippen LogP contribution >= 0.6 is 0 Å². The second-order valence-electron chi connectivity index (χ2n) is 6.81. The molecule has 0 aliphatic carbocycles. The van der Waals surface area contributed by atoms with Crippen LogP contribution in [-0.2, 0) is 9.59 Å². The fraction of sp³-hybridized carbons (Fsp3) is 0.350. The molecule has 5 N–H and O–H groups in total. The number of carbonyl (C=O) groups excluding carboxylic acids is 2. The molecule has 158 valence electrons. The summed E-state index contributed by atoms with van der Waals surface area (Å²) in [6.45, 7) is 2.31. The maximum atomic E-state index is 12.2. The van der Waals surface area contributed by atoms with E-state index in [0.29, 0.717) is 22.9 Å². The number of likely N-dealkylation sites (tertiary alicyclic amines) is 1. The van der Waals surface area contributed by atoms with Crippen molar-refractivity contribution >= 4 is 34.9 Å². The van der Waals surface area contributed by atoms with E-state index in [0.717, 1.165) is 25.9 Å². The van der Waals surface area contributed by atoms with Gasteiger partial charge in [-0.3, -0.25) is 14.5 Å². The number of pyridine rings is 1. The number of nitrogens with one attached hydrogen (secondary N) is 1. The molecule has 10 nitrogen and oxygen atoms in total. The lowest BCUT2D eigenvalue weighted by atomic mass is 10.3. The Morgan fingerprint density at radius 2 is 1.83 bits per heavy atom. The molecule has 3 rings (SSSR count). The van der Waals surface area contributed by atoms with E-state index >= 15 is 0 Å². The number of anilines is 2. The number of esters is 1. The Morgan fingerprint density at radius 1 is 1.10 bits per heavy atom. The number of nitrogens with zero attached hydrogens (tertiary/aromatic N) is 4. The van der Waals surface area contributed by atoms with E-state index in [1.807, 2.05) is 0 Å². The van der Waals surface area contributed by atoms with Crippen LogP contribution in [0.5, 0.6) is 5.75 Å². The quantitative estimate of drug-likeness (QED) is 0.343. The molecule has 0 atom stereocenters. The van der Waals surface area contributed by atoms with Crippen molar-refractivity contribution in [2.24, 2.45) is 16.0 Å². The molecule has 2 aromatic rings. The number of hydrogen-bond acceptors (Lipinski definition) is 9. The highest BCUT2D eigenvalue weighted by atomic mass is 16.5. The van der Waals surface area contributed by atoms with Crippen molar-refractivity contribution in [1.29, 1.82) is 0 Å². The molecule has 1 aliphatic heterocycles. The predicted octanol–water partition coefficient (Wildman–Crippen LogP) is 2.37. The summed E-state index contributed by atoms with van der Waals surface area (Å²) in [6.07, 6.45) is 2.39. The summed E-state index contributed by atoms with van der Waals surface area (Å²) in [7, 11) is 0. The van der Waals surface area contributed by atoms with Crippen LogP contribution in [0.2, 0.25) is 0 Å². The van der Waals surface area contributed by atoms with E-state index in [9.17, 15) is 9.59 Å². The fourth-order valence-electron chi connectivity index (χ4n) is 2.97. The summed E-state index contributed by atoms with van der Waals surface area (Å²) >= 11 is 0. The van der Waals surface area contributed by atoms with E-state index in [1.165, 1.54) is 0 Å². The molecule has 1 fully saturated rings. The van der Waals surface area contributed by atoms with Crippen molar-refractivity contribution in [3.8, 4) is 5.75 Å². The molecular formula is C20H25N7O3. The number of para-hydroxylation sites is 1. The van der Waals surface area contributed by atoms with Gasteiger partial charge in [0.05, 0.1) is 6.54 Å². The first kappa shape index (κ1) is 21.3. The van der Waals surface area contributed by atoms with Gasteiger partial charge in [0.2, 0.25) is 5.91 Å². The number of azo groups is 1. The van der Waals surface area contributed by atoms with Crippen molar-refractivity contribution in [2.75, 3.05) is 37.2 Å². The highest BCUT2D eigenvalue weighted by molar-refractivity contribution is 5.90. The number of hydrogen-bond donors (Lipinski definition) is 3. The molecule has 1 amide bonds. The molecule has 1 aliphatic rings. The Morgan fingerprint density at radius 3 is 2.57 bits per heavy atom. The lowest BCUT2D eigenvalue weighted by Gasteiger charge is -2.13. The van der Waals surface area contributed by atoms with Gasteiger partial charge in [0, 0.05) is 13.0 Å². The molecule has 0 spiro atoms. The SMILES string of the molecule is NCCC(=O)Nc1ccc(N=Nc2ccccc2OC(=O)CN2CCCC2)c(N)n1. The Balaban J connectivity index is 1.67. The Labute approximate surface area is 174 Å². The van der Waals surface area contributed by atoms with E-state index in [1.54, 1.807) is 36.4 Å². The first-order valence-electron chi connectivity index (χ1n) is 9.75. The van der Waals surface area contributed by atoms with Crippen LogP contribution in [-0.4, -0.2) is 47.9 Å². The fourth-order valence-corrected chi connectivity index (χ4v) is 2.97. The summed E-state index contributed by atoms with van der Waals surface area (Å²) in [5.41, 5.74) is 12.0. The highest BCUT2D eigenvalue weighted by Gasteiger charge is 2.17. The molecule has 0 unspecified atom stereocenters. The average molecular weight is 411 g/mol. The lowest BCUT2D eigenvalue weighted by molar-refractivity contribution is -0.135. The number of carbonyl (C=O) groups is 2. The van der Waals surface area contributed by atoms with Gasteiger partial charge in [-0.05, 0) is 50.2 Å². The normalized spacial score (nSPS) is 14.2. The summed E-state index contributed by atoms with van der Waals surface area (Å²) in [4.78, 5) is 30.0. The van der Waals surface area contributed by atoms with Gasteiger partial charge in [-0.25, -0.2) is 4.98 Å². The van der Waals surface area contributed by atoms with Gasteiger partial charge in [-0.15, -0.1) is 10.2 Å². The third-order valence-electron chi connectivity index (χ3n) is 4.45. The van der Waals surface area contributed by atoms with Gasteiger partial charge in [0.15, 0.2) is 11.6 Å². The monoisotopic (exact) mass is 411 g/mol. The Kier molecular flexibility index (Phi) is 7.41. The van der Waals surface area contributed by atoms with Gasteiger partial charge in [0.25, 0.3) is 0 Å². The number of aromatic nitrogens is 1. The molecule has 10 heteroatoms. The third-order valence-corrected chi connectivity index (χ3v) is 4.45. The first-order chi connectivity index (χ1) is 14.5. The minimum Gasteiger partial charge on any atom is -0.423 e. The number of nitrogen functional groups attached to an aromatic ring is 1. The van der Waals surface area contributed by atoms with Crippen molar-refractivity contribution in [1.82, 2.24) is 9.88 Å². The molecule has 0 bridgehead atoms. The van der Waals surface area contributed by atoms with Crippen molar-refractivity contribution in [3.63, 3.8) is 0 Å². The molecule has 1 saturated heterocycles. The van der Waals surface area contributed by atoms with Gasteiger partial charge in [-0.1, -0.05) is 12.1 Å². The zero-order valence-electron chi connectivity index (χ0n) is 16.6. The first-order valence-corrected chi connectivity index (χ1v) is 9.75. The zero-order chi connectivity index (χ0) is 21.3. The number of amides is 1. The third kappa shape index (κ3) is 6.06. The number of nitrogens with two attached hydrogens (primary N) is 2. The van der Waals surface area contributed by atoms with Crippen LogP contribution in [0.4, 0.5) is 23.0 Å². The Bertz CT molecular complexity index is 926. The highest BCUT2D eigenvalue weighted by Crippen LogP contribution is 2.30. The maximum Gasteiger partial charge on any atom is 0.325 e. The van der Waals surface area contributed by atoms with E-state index in [2.05, 4.69) is 25.4 Å². The maximum absolute atomic E-state index is 12.2. The van der Waals surface area contributed by atoms with Crippen molar-refractivity contribution in [3.05, 3.63) is 36.4 Å². The van der Waals surface area contributed by atoms with E-state index in [-0.39, 0.29) is 37.2 Å². The van der Waals surface area contributed by atoms with Gasteiger partial charge in [0.1, 0.15) is 17.2 Å². The zero-order valence-corrected chi connectivity index (χ0v) is 16.6. The summed E-state index contributed by atoms with van der Waals surface area (Å²) < 4.78 is 5.47. The molecule has 2 heterocycles. The molecule has 0 radical (unpaired) electrons. The van der Waals surface area contributed by atoms with Crippen LogP contribution in [0.3, 0.4) is 0 Å². The summed E-state index contributed by atoms with van der Waals surface area (Å²) in [5, 5.41) is 10.9. The summed E-state index contributed by atoms with van der Waals surface area (Å²) in [6, 6.07) is 10.0. The minimum absolute atomic E-state index is 0.104. The smallest absolute Gasteiger partial charge is 0.325 e. The molecule has 30 heavy (non-hydrogen) atoms. The van der Waals surface area contributed by atoms with Gasteiger partial charge < -0.3 is 21.5 Å². The number of rotatable bonds is 8. The number of benzene rings is 1. The molecular weight excluding hydrogens is 386 g/mol. The number of ether oxygens (including phenoxy) is 1. The van der Waals surface area contributed by atoms with Crippen molar-refractivity contribution < 1.29 is 14.3 Å². The standard InChI is InChI=1S/C20H25N7O3/c21-10-9-18(28)23-17-8-7-15(20(22)24-17)26-25-14-5-1-2-6-16(14)30-19(29)13-27-11-3-4-12-27/h1-2,5-8H,3-4,9-13,21H2,(H3,22,23,24,28).